The van der Waals surface area contributed by atoms with Gasteiger partial charge in [0, 0.05) is 26.3 Å². The van der Waals surface area contributed by atoms with Crippen LogP contribution in [0.4, 0.5) is 0 Å². The van der Waals surface area contributed by atoms with Gasteiger partial charge < -0.3 is 15.1 Å². The molecule has 0 saturated heterocycles. The van der Waals surface area contributed by atoms with Gasteiger partial charge in [0.25, 0.3) is 11.8 Å². The predicted molar refractivity (Wildman–Crippen MR) is 135 cm³/mol. The van der Waals surface area contributed by atoms with Crippen LogP contribution in [0.3, 0.4) is 0 Å². The van der Waals surface area contributed by atoms with Crippen molar-refractivity contribution in [3.63, 3.8) is 0 Å². The molecule has 2 aromatic heterocycles. The number of rotatable bonds is 9. The Labute approximate surface area is 203 Å². The first-order valence-corrected chi connectivity index (χ1v) is 13.0. The molecule has 1 N–H and O–H groups in total. The highest BCUT2D eigenvalue weighted by Gasteiger charge is 2.42. The van der Waals surface area contributed by atoms with Crippen LogP contribution in [0, 0.1) is 17.3 Å². The smallest absolute Gasteiger partial charge is 0.273 e. The fourth-order valence-corrected chi connectivity index (χ4v) is 6.26. The number of nitrogens with one attached hydrogen (secondary N) is 1. The number of pyridine rings is 1. The Morgan fingerprint density at radius 1 is 1.21 bits per heavy atom. The number of carbonyl (C=O) groups is 2. The number of fused-ring (bicyclic) bond motifs is 3. The maximum absolute atomic E-state index is 13.3. The van der Waals surface area contributed by atoms with Gasteiger partial charge in [-0.15, -0.1) is 0 Å². The molecule has 0 aliphatic heterocycles. The van der Waals surface area contributed by atoms with Gasteiger partial charge in [0.2, 0.25) is 0 Å². The van der Waals surface area contributed by atoms with Crippen LogP contribution in [0.2, 0.25) is 0 Å². The molecule has 3 atom stereocenters. The third kappa shape index (κ3) is 5.45. The summed E-state index contributed by atoms with van der Waals surface area (Å²) in [6.45, 7) is 4.63. The highest BCUT2D eigenvalue weighted by atomic mass is 16.2. The molecule has 2 amide bonds. The minimum atomic E-state index is -0.117. The number of carbonyl (C=O) groups excluding carboxylic acids is 2. The summed E-state index contributed by atoms with van der Waals surface area (Å²) >= 11 is 0. The number of imidazole rings is 1. The molecule has 2 bridgehead atoms. The first kappa shape index (κ1) is 24.7. The van der Waals surface area contributed by atoms with E-state index in [0.29, 0.717) is 23.6 Å². The van der Waals surface area contributed by atoms with Crippen molar-refractivity contribution < 1.29 is 9.59 Å². The van der Waals surface area contributed by atoms with E-state index in [9.17, 15) is 9.59 Å². The van der Waals surface area contributed by atoms with E-state index in [4.69, 9.17) is 0 Å². The molecule has 3 unspecified atom stereocenters. The van der Waals surface area contributed by atoms with Gasteiger partial charge in [-0.05, 0) is 82.1 Å². The second-order valence-electron chi connectivity index (χ2n) is 11.0. The largest absolute Gasteiger partial charge is 0.350 e. The van der Waals surface area contributed by atoms with Gasteiger partial charge in [-0.1, -0.05) is 32.3 Å². The molecule has 0 spiro atoms. The van der Waals surface area contributed by atoms with Crippen molar-refractivity contribution in [1.82, 2.24) is 24.5 Å². The van der Waals surface area contributed by atoms with E-state index in [0.717, 1.165) is 31.3 Å². The van der Waals surface area contributed by atoms with Gasteiger partial charge in [0.15, 0.2) is 0 Å². The van der Waals surface area contributed by atoms with Crippen molar-refractivity contribution in [3.05, 3.63) is 35.8 Å². The maximum atomic E-state index is 13.3. The summed E-state index contributed by atoms with van der Waals surface area (Å²) in [4.78, 5) is 34.5. The van der Waals surface area contributed by atoms with E-state index in [-0.39, 0.29) is 17.2 Å². The molecule has 186 valence electrons. The summed E-state index contributed by atoms with van der Waals surface area (Å²) < 4.78 is 1.76. The number of hydrogen-bond donors (Lipinski definition) is 1. The minimum Gasteiger partial charge on any atom is -0.350 e. The lowest BCUT2D eigenvalue weighted by atomic mass is 9.58. The van der Waals surface area contributed by atoms with Crippen molar-refractivity contribution in [2.45, 2.75) is 58.3 Å². The van der Waals surface area contributed by atoms with Gasteiger partial charge in [-0.3, -0.25) is 14.0 Å². The van der Waals surface area contributed by atoms with Crippen LogP contribution in [0.1, 0.15) is 79.3 Å². The monoisotopic (exact) mass is 467 g/mol. The van der Waals surface area contributed by atoms with Gasteiger partial charge in [-0.2, -0.15) is 0 Å². The van der Waals surface area contributed by atoms with E-state index in [1.165, 1.54) is 44.9 Å². The normalized spacial score (nSPS) is 24.4. The Morgan fingerprint density at radius 3 is 2.79 bits per heavy atom. The molecule has 7 nitrogen and oxygen atoms in total. The van der Waals surface area contributed by atoms with Gasteiger partial charge >= 0.3 is 0 Å². The Bertz CT molecular complexity index is 1020. The maximum Gasteiger partial charge on any atom is 0.273 e. The third-order valence-electron chi connectivity index (χ3n) is 8.02. The lowest BCUT2D eigenvalue weighted by Crippen LogP contribution is -2.45. The molecule has 34 heavy (non-hydrogen) atoms. The van der Waals surface area contributed by atoms with E-state index in [1.54, 1.807) is 22.5 Å². The molecule has 7 heteroatoms. The van der Waals surface area contributed by atoms with Crippen molar-refractivity contribution in [2.75, 3.05) is 40.8 Å². The second kappa shape index (κ2) is 10.5. The minimum absolute atomic E-state index is 0.0866. The lowest BCUT2D eigenvalue weighted by molar-refractivity contribution is 0.0368. The van der Waals surface area contributed by atoms with Crippen molar-refractivity contribution in [1.29, 1.82) is 0 Å². The zero-order valence-electron chi connectivity index (χ0n) is 21.3. The standard InChI is InChI=1S/C27H41N5O2/c1-5-20-15-21-9-7-12-27(16-20,17-21)19-28-25(33)23-10-6-11-24-29-22(18-32(23)24)26(34)31(4)14-8-13-30(2)3/h6,10-11,18,20-21H,5,7-9,12-17,19H2,1-4H3,(H,28,33). The van der Waals surface area contributed by atoms with Crippen LogP contribution >= 0.6 is 0 Å². The summed E-state index contributed by atoms with van der Waals surface area (Å²) in [6, 6.07) is 5.50. The van der Waals surface area contributed by atoms with Gasteiger partial charge in [0.1, 0.15) is 17.0 Å². The average Bonchev–Trinajstić information content (AvgIpc) is 3.26. The fraction of sp³-hybridized carbons (Fsp3) is 0.667. The SMILES string of the molecule is CCC1CC2CCCC(CNC(=O)c3cccc4nc(C(=O)N(C)CCCN(C)C)cn34)(C1)C2. The molecule has 2 fully saturated rings. The third-order valence-corrected chi connectivity index (χ3v) is 8.02. The van der Waals surface area contributed by atoms with Crippen LogP contribution < -0.4 is 5.32 Å². The topological polar surface area (TPSA) is 70.0 Å². The van der Waals surface area contributed by atoms with E-state index >= 15 is 0 Å². The Morgan fingerprint density at radius 2 is 2.03 bits per heavy atom. The highest BCUT2D eigenvalue weighted by Crippen LogP contribution is 2.51. The van der Waals surface area contributed by atoms with Crippen molar-refractivity contribution in [2.24, 2.45) is 17.3 Å². The number of hydrogen-bond acceptors (Lipinski definition) is 4. The molecule has 0 aromatic carbocycles. The Balaban J connectivity index is 1.45. The van der Waals surface area contributed by atoms with Crippen LogP contribution in [-0.4, -0.2) is 71.8 Å². The van der Waals surface area contributed by atoms with E-state index < -0.39 is 0 Å². The van der Waals surface area contributed by atoms with Gasteiger partial charge in [0.05, 0.1) is 0 Å². The molecule has 2 aromatic rings. The van der Waals surface area contributed by atoms with Crippen molar-refractivity contribution in [3.8, 4) is 0 Å². The Kier molecular flexibility index (Phi) is 7.60. The molecular weight excluding hydrogens is 426 g/mol. The lowest BCUT2D eigenvalue weighted by Gasteiger charge is -2.48. The first-order valence-electron chi connectivity index (χ1n) is 13.0. The zero-order chi connectivity index (χ0) is 24.3. The highest BCUT2D eigenvalue weighted by molar-refractivity contribution is 5.95. The first-order chi connectivity index (χ1) is 16.3. The summed E-state index contributed by atoms with van der Waals surface area (Å²) in [5.41, 5.74) is 1.78. The van der Waals surface area contributed by atoms with Crippen molar-refractivity contribution >= 4 is 17.5 Å². The molecule has 2 heterocycles. The number of amides is 2. The van der Waals surface area contributed by atoms with E-state index in [2.05, 4.69) is 22.1 Å². The Hall–Kier alpha value is -2.41. The fourth-order valence-electron chi connectivity index (χ4n) is 6.26. The zero-order valence-corrected chi connectivity index (χ0v) is 21.3. The molecule has 2 aliphatic rings. The summed E-state index contributed by atoms with van der Waals surface area (Å²) in [5.74, 6) is 1.41. The molecule has 2 saturated carbocycles. The summed E-state index contributed by atoms with van der Waals surface area (Å²) in [5, 5.41) is 3.26. The molecule has 0 radical (unpaired) electrons. The quantitative estimate of drug-likeness (QED) is 0.603. The molecule has 4 rings (SSSR count). The average molecular weight is 468 g/mol. The van der Waals surface area contributed by atoms with Crippen LogP contribution in [0.5, 0.6) is 0 Å². The van der Waals surface area contributed by atoms with E-state index in [1.807, 2.05) is 32.3 Å². The number of nitrogens with zero attached hydrogens (tertiary/aromatic N) is 4. The molecule has 2 aliphatic carbocycles. The predicted octanol–water partition coefficient (Wildman–Crippen LogP) is 4.08. The molecular formula is C27H41N5O2. The van der Waals surface area contributed by atoms with Crippen LogP contribution in [0.25, 0.3) is 5.65 Å². The van der Waals surface area contributed by atoms with Crippen LogP contribution in [0.15, 0.2) is 24.4 Å². The summed E-state index contributed by atoms with van der Waals surface area (Å²) in [7, 11) is 5.86. The summed E-state index contributed by atoms with van der Waals surface area (Å²) in [6.07, 6.45) is 11.5. The van der Waals surface area contributed by atoms with Crippen LogP contribution in [-0.2, 0) is 0 Å². The number of aromatic nitrogens is 2. The van der Waals surface area contributed by atoms with Gasteiger partial charge in [-0.25, -0.2) is 4.98 Å². The second-order valence-corrected chi connectivity index (χ2v) is 11.0.